The second-order valence-electron chi connectivity index (χ2n) is 11.3. The van der Waals surface area contributed by atoms with Gasteiger partial charge in [-0.25, -0.2) is 13.6 Å². The molecular formula is C29H30F2N4O5. The molecule has 9 nitrogen and oxygen atoms in total. The van der Waals surface area contributed by atoms with Crippen LogP contribution in [0.15, 0.2) is 36.4 Å². The predicted molar refractivity (Wildman–Crippen MR) is 139 cm³/mol. The third-order valence-corrected chi connectivity index (χ3v) is 9.07. The van der Waals surface area contributed by atoms with Crippen LogP contribution < -0.4 is 10.6 Å². The third kappa shape index (κ3) is 4.32. The molecule has 0 unspecified atom stereocenters. The fourth-order valence-corrected chi connectivity index (χ4v) is 6.77. The Kier molecular flexibility index (Phi) is 6.36. The highest BCUT2D eigenvalue weighted by molar-refractivity contribution is 6.07. The maximum Gasteiger partial charge on any atom is 0.324 e. The minimum Gasteiger partial charge on any atom is -0.381 e. The molecule has 0 bridgehead atoms. The van der Waals surface area contributed by atoms with Gasteiger partial charge in [0, 0.05) is 44.9 Å². The Labute approximate surface area is 229 Å². The highest BCUT2D eigenvalue weighted by Gasteiger charge is 2.54. The number of nitrogens with one attached hydrogen (secondary N) is 2. The average Bonchev–Trinajstić information content (AvgIpc) is 3.39. The molecule has 5 amide bonds. The average molecular weight is 553 g/mol. The number of hydrogen-bond acceptors (Lipinski definition) is 5. The monoisotopic (exact) mass is 552 g/mol. The lowest BCUT2D eigenvalue weighted by Gasteiger charge is -2.47. The molecule has 4 aliphatic rings. The van der Waals surface area contributed by atoms with E-state index in [1.165, 1.54) is 21.9 Å². The number of amides is 5. The number of piperidine rings is 1. The van der Waals surface area contributed by atoms with E-state index in [9.17, 15) is 28.0 Å². The van der Waals surface area contributed by atoms with Crippen LogP contribution in [0.4, 0.5) is 19.3 Å². The molecule has 2 aromatic carbocycles. The number of nitrogens with zero attached hydrogens (tertiary/aromatic N) is 2. The van der Waals surface area contributed by atoms with Gasteiger partial charge in [0.25, 0.3) is 5.91 Å². The van der Waals surface area contributed by atoms with Crippen LogP contribution in [0.3, 0.4) is 0 Å². The van der Waals surface area contributed by atoms with Crippen molar-refractivity contribution in [2.45, 2.75) is 50.1 Å². The number of carbonyl (C=O) groups excluding carboxylic acids is 4. The van der Waals surface area contributed by atoms with Crippen molar-refractivity contribution >= 4 is 29.4 Å². The topological polar surface area (TPSA) is 108 Å². The number of urea groups is 1. The first-order valence-corrected chi connectivity index (χ1v) is 13.5. The summed E-state index contributed by atoms with van der Waals surface area (Å²) in [6.07, 6.45) is 2.79. The van der Waals surface area contributed by atoms with Gasteiger partial charge in [-0.2, -0.15) is 0 Å². The smallest absolute Gasteiger partial charge is 0.324 e. The second-order valence-corrected chi connectivity index (χ2v) is 11.3. The number of likely N-dealkylation sites (tertiary alicyclic amines) is 1. The van der Waals surface area contributed by atoms with E-state index in [1.54, 1.807) is 19.2 Å². The molecule has 0 saturated carbocycles. The Bertz CT molecular complexity index is 1400. The van der Waals surface area contributed by atoms with Crippen LogP contribution in [-0.4, -0.2) is 65.9 Å². The molecule has 3 aliphatic heterocycles. The quantitative estimate of drug-likeness (QED) is 0.567. The molecule has 2 N–H and O–H groups in total. The number of anilines is 1. The van der Waals surface area contributed by atoms with E-state index in [1.807, 2.05) is 6.07 Å². The molecule has 6 rings (SSSR count). The summed E-state index contributed by atoms with van der Waals surface area (Å²) >= 11 is 0. The Morgan fingerprint density at radius 2 is 1.73 bits per heavy atom. The van der Waals surface area contributed by atoms with Gasteiger partial charge in [0.2, 0.25) is 11.8 Å². The van der Waals surface area contributed by atoms with Gasteiger partial charge < -0.3 is 19.9 Å². The molecule has 3 fully saturated rings. The number of ether oxygens (including phenoxy) is 1. The Hall–Kier alpha value is -3.86. The second kappa shape index (κ2) is 9.65. The zero-order valence-electron chi connectivity index (χ0n) is 22.1. The highest BCUT2D eigenvalue weighted by atomic mass is 19.1. The summed E-state index contributed by atoms with van der Waals surface area (Å²) in [6, 6.07) is 7.46. The van der Waals surface area contributed by atoms with Gasteiger partial charge in [0.1, 0.15) is 23.7 Å². The normalized spacial score (nSPS) is 25.5. The summed E-state index contributed by atoms with van der Waals surface area (Å²) in [6.45, 7) is 0.603. The van der Waals surface area contributed by atoms with E-state index < -0.39 is 40.6 Å². The summed E-state index contributed by atoms with van der Waals surface area (Å²) in [7, 11) is 1.59. The molecule has 210 valence electrons. The van der Waals surface area contributed by atoms with Crippen molar-refractivity contribution in [2.75, 3.05) is 32.1 Å². The SMILES string of the molecule is CN1C(=O)NC(=O)[C@@]12Cc1ccc(NC(=O)CN3C(=O)C4(CCOCC4)CC[C@H]3c3cc(F)cc(F)c3)cc1C2. The summed E-state index contributed by atoms with van der Waals surface area (Å²) in [4.78, 5) is 54.7. The molecule has 2 spiro atoms. The van der Waals surface area contributed by atoms with Crippen molar-refractivity contribution in [3.05, 3.63) is 64.7 Å². The van der Waals surface area contributed by atoms with Crippen LogP contribution in [-0.2, 0) is 32.0 Å². The summed E-state index contributed by atoms with van der Waals surface area (Å²) in [5, 5.41) is 5.21. The van der Waals surface area contributed by atoms with Crippen LogP contribution in [0.1, 0.15) is 48.4 Å². The van der Waals surface area contributed by atoms with E-state index in [0.717, 1.165) is 17.2 Å². The first kappa shape index (κ1) is 26.4. The van der Waals surface area contributed by atoms with Gasteiger partial charge in [0.05, 0.1) is 11.5 Å². The number of likely N-dealkylation sites (N-methyl/N-ethyl adjacent to an activating group) is 1. The molecule has 11 heteroatoms. The number of halogens is 2. The molecule has 2 atom stereocenters. The molecule has 0 radical (unpaired) electrons. The number of rotatable bonds is 4. The van der Waals surface area contributed by atoms with Crippen LogP contribution >= 0.6 is 0 Å². The number of imide groups is 1. The van der Waals surface area contributed by atoms with Crippen molar-refractivity contribution in [1.29, 1.82) is 0 Å². The number of carbonyl (C=O) groups is 4. The summed E-state index contributed by atoms with van der Waals surface area (Å²) in [5.74, 6) is -2.47. The lowest BCUT2D eigenvalue weighted by molar-refractivity contribution is -0.159. The number of benzene rings is 2. The van der Waals surface area contributed by atoms with Crippen LogP contribution in [0, 0.1) is 17.0 Å². The summed E-state index contributed by atoms with van der Waals surface area (Å²) in [5.41, 5.74) is 0.930. The van der Waals surface area contributed by atoms with Crippen LogP contribution in [0.25, 0.3) is 0 Å². The Morgan fingerprint density at radius 3 is 2.40 bits per heavy atom. The van der Waals surface area contributed by atoms with Gasteiger partial charge in [-0.1, -0.05) is 6.07 Å². The molecule has 0 aromatic heterocycles. The zero-order valence-corrected chi connectivity index (χ0v) is 22.1. The number of hydrogen-bond donors (Lipinski definition) is 2. The number of fused-ring (bicyclic) bond motifs is 1. The van der Waals surface area contributed by atoms with Gasteiger partial charge >= 0.3 is 6.03 Å². The maximum atomic E-state index is 14.1. The highest BCUT2D eigenvalue weighted by Crippen LogP contribution is 2.46. The van der Waals surface area contributed by atoms with Crippen molar-refractivity contribution in [1.82, 2.24) is 15.1 Å². The molecule has 1 aliphatic carbocycles. The van der Waals surface area contributed by atoms with Gasteiger partial charge in [-0.3, -0.25) is 19.7 Å². The van der Waals surface area contributed by atoms with Gasteiger partial charge in [0.15, 0.2) is 0 Å². The lowest BCUT2D eigenvalue weighted by atomic mass is 9.70. The molecule has 40 heavy (non-hydrogen) atoms. The maximum absolute atomic E-state index is 14.1. The van der Waals surface area contributed by atoms with Gasteiger partial charge in [-0.15, -0.1) is 0 Å². The Balaban J connectivity index is 1.22. The Morgan fingerprint density at radius 1 is 1.02 bits per heavy atom. The molecular weight excluding hydrogens is 522 g/mol. The first-order chi connectivity index (χ1) is 19.1. The van der Waals surface area contributed by atoms with Gasteiger partial charge in [-0.05, 0) is 66.6 Å². The summed E-state index contributed by atoms with van der Waals surface area (Å²) < 4.78 is 33.7. The first-order valence-electron chi connectivity index (χ1n) is 13.5. The van der Waals surface area contributed by atoms with E-state index in [2.05, 4.69) is 10.6 Å². The largest absolute Gasteiger partial charge is 0.381 e. The van der Waals surface area contributed by atoms with Crippen molar-refractivity contribution < 1.29 is 32.7 Å². The van der Waals surface area contributed by atoms with E-state index in [0.29, 0.717) is 63.0 Å². The minimum atomic E-state index is -0.978. The standard InChI is InChI=1S/C29H30F2N4O5/c1-34-27(39)33-25(37)29(34)14-17-2-3-22(12-19(17)15-29)32-24(36)16-35-23(18-10-20(30)13-21(31)11-18)4-5-28(26(35)38)6-8-40-9-7-28/h2-3,10-13,23H,4-9,14-16H2,1H3,(H,32,36)(H,33,37,39)/t23-,29-/m0/s1. The van der Waals surface area contributed by atoms with E-state index >= 15 is 0 Å². The molecule has 3 heterocycles. The van der Waals surface area contributed by atoms with Crippen molar-refractivity contribution in [3.8, 4) is 0 Å². The van der Waals surface area contributed by atoms with Crippen molar-refractivity contribution in [3.63, 3.8) is 0 Å². The third-order valence-electron chi connectivity index (χ3n) is 9.07. The zero-order chi connectivity index (χ0) is 28.2. The van der Waals surface area contributed by atoms with Crippen LogP contribution in [0.5, 0.6) is 0 Å². The fraction of sp³-hybridized carbons (Fsp3) is 0.448. The van der Waals surface area contributed by atoms with E-state index in [-0.39, 0.29) is 18.4 Å². The van der Waals surface area contributed by atoms with E-state index in [4.69, 9.17) is 4.74 Å². The fourth-order valence-electron chi connectivity index (χ4n) is 6.77. The predicted octanol–water partition coefficient (Wildman–Crippen LogP) is 3.08. The van der Waals surface area contributed by atoms with Crippen molar-refractivity contribution in [2.24, 2.45) is 5.41 Å². The van der Waals surface area contributed by atoms with Crippen LogP contribution in [0.2, 0.25) is 0 Å². The molecule has 3 saturated heterocycles. The molecule has 2 aromatic rings. The minimum absolute atomic E-state index is 0.206. The lowest BCUT2D eigenvalue weighted by Crippen LogP contribution is -2.54.